The van der Waals surface area contributed by atoms with Crippen molar-refractivity contribution in [1.82, 2.24) is 29.0 Å². The number of nitrogens with zero attached hydrogens (tertiary/aromatic N) is 5. The fraction of sp³-hybridized carbons (Fsp3) is 0.212. The number of aromatic nitrogens is 4. The standard InChI is InChI=1S/C33H29FN6O4S/c1-18-9-10-19(15-36-18)31-30(32(41)35-3)23-11-21(29(14-33(23,2)44-31)39(4)45(5,42)43)25-12-22-26(16-37-25)38-17-40-27-8-6-7-24(34)20(27)13-28(22)40/h6-13,15-17H,14H2,1-5H3,(H,35,41). The monoisotopic (exact) mass is 624 g/mol. The topological polar surface area (TPSA) is 119 Å². The Kier molecular flexibility index (Phi) is 6.34. The lowest BCUT2D eigenvalue weighted by Gasteiger charge is -2.36. The molecule has 228 valence electrons. The van der Waals surface area contributed by atoms with E-state index in [2.05, 4.69) is 15.3 Å². The molecule has 7 rings (SSSR count). The van der Waals surface area contributed by atoms with Crippen LogP contribution in [0.1, 0.15) is 30.3 Å². The van der Waals surface area contributed by atoms with Crippen molar-refractivity contribution in [3.05, 3.63) is 107 Å². The minimum absolute atomic E-state index is 0.128. The summed E-state index contributed by atoms with van der Waals surface area (Å²) in [6.07, 6.45) is 7.95. The molecule has 5 aromatic rings. The van der Waals surface area contributed by atoms with Crippen LogP contribution >= 0.6 is 0 Å². The van der Waals surface area contributed by atoms with Crippen LogP contribution in [0.15, 0.2) is 84.1 Å². The van der Waals surface area contributed by atoms with E-state index < -0.39 is 15.6 Å². The summed E-state index contributed by atoms with van der Waals surface area (Å²) in [5, 5.41) is 3.89. The molecule has 0 spiro atoms. The van der Waals surface area contributed by atoms with Crippen molar-refractivity contribution in [3.63, 3.8) is 0 Å². The highest BCUT2D eigenvalue weighted by molar-refractivity contribution is 7.88. The maximum atomic E-state index is 14.7. The molecule has 12 heteroatoms. The molecule has 4 aromatic heterocycles. The second-order valence-electron chi connectivity index (χ2n) is 11.5. The van der Waals surface area contributed by atoms with Gasteiger partial charge in [0, 0.05) is 65.6 Å². The van der Waals surface area contributed by atoms with E-state index in [0.717, 1.165) is 17.5 Å². The molecule has 45 heavy (non-hydrogen) atoms. The van der Waals surface area contributed by atoms with Crippen LogP contribution < -0.4 is 5.32 Å². The van der Waals surface area contributed by atoms with Crippen molar-refractivity contribution in [2.45, 2.75) is 25.9 Å². The van der Waals surface area contributed by atoms with Gasteiger partial charge in [-0.3, -0.25) is 23.5 Å². The zero-order chi connectivity index (χ0) is 31.8. The molecule has 0 bridgehead atoms. The Morgan fingerprint density at radius 3 is 2.60 bits per heavy atom. The SMILES string of the molecule is CNC(=O)C1=C(c2ccc(C)nc2)OC2(C)CC(N(C)S(C)(=O)=O)=C(c3cc4c(cn3)ncn3c5cccc(F)c5cc43)C=C12. The molecule has 0 fully saturated rings. The molecule has 10 nitrogen and oxygen atoms in total. The molecule has 1 aromatic carbocycles. The van der Waals surface area contributed by atoms with Crippen LogP contribution in [0.5, 0.6) is 0 Å². The first-order chi connectivity index (χ1) is 21.4. The number of aryl methyl sites for hydroxylation is 1. The van der Waals surface area contributed by atoms with Crippen LogP contribution in [-0.4, -0.2) is 63.9 Å². The van der Waals surface area contributed by atoms with Crippen molar-refractivity contribution in [2.24, 2.45) is 0 Å². The number of allylic oxidation sites excluding steroid dienone is 2. The summed E-state index contributed by atoms with van der Waals surface area (Å²) < 4.78 is 50.2. The van der Waals surface area contributed by atoms with Gasteiger partial charge in [-0.1, -0.05) is 6.07 Å². The van der Waals surface area contributed by atoms with Gasteiger partial charge >= 0.3 is 0 Å². The Balaban J connectivity index is 1.50. The molecule has 2 aliphatic rings. The van der Waals surface area contributed by atoms with E-state index >= 15 is 0 Å². The maximum Gasteiger partial charge on any atom is 0.255 e. The van der Waals surface area contributed by atoms with Gasteiger partial charge in [0.2, 0.25) is 10.0 Å². The molecule has 0 radical (unpaired) electrons. The van der Waals surface area contributed by atoms with Crippen molar-refractivity contribution < 1.29 is 22.3 Å². The van der Waals surface area contributed by atoms with Crippen LogP contribution in [0, 0.1) is 12.7 Å². The molecule has 1 amide bonds. The van der Waals surface area contributed by atoms with Gasteiger partial charge in [-0.05, 0) is 56.3 Å². The number of hydrogen-bond donors (Lipinski definition) is 1. The van der Waals surface area contributed by atoms with Gasteiger partial charge in [0.25, 0.3) is 5.91 Å². The average Bonchev–Trinajstić information content (AvgIpc) is 3.55. The minimum Gasteiger partial charge on any atom is -0.481 e. The smallest absolute Gasteiger partial charge is 0.255 e. The van der Waals surface area contributed by atoms with Crippen molar-refractivity contribution in [3.8, 4) is 0 Å². The highest BCUT2D eigenvalue weighted by Gasteiger charge is 2.48. The van der Waals surface area contributed by atoms with Gasteiger partial charge in [0.05, 0.1) is 40.3 Å². The molecular formula is C33H29FN6O4S. The van der Waals surface area contributed by atoms with E-state index in [1.165, 1.54) is 17.4 Å². The number of fused-ring (bicyclic) bond motifs is 6. The summed E-state index contributed by atoms with van der Waals surface area (Å²) in [7, 11) is -0.664. The fourth-order valence-corrected chi connectivity index (χ4v) is 6.71. The van der Waals surface area contributed by atoms with Gasteiger partial charge < -0.3 is 10.1 Å². The summed E-state index contributed by atoms with van der Waals surface area (Å²) in [6, 6.07) is 12.2. The molecule has 0 saturated carbocycles. The molecular weight excluding hydrogens is 595 g/mol. The normalized spacial score (nSPS) is 18.4. The van der Waals surface area contributed by atoms with Crippen molar-refractivity contribution in [1.29, 1.82) is 0 Å². The molecule has 5 heterocycles. The molecule has 1 aliphatic heterocycles. The third-order valence-electron chi connectivity index (χ3n) is 8.58. The van der Waals surface area contributed by atoms with E-state index in [-0.39, 0.29) is 18.1 Å². The zero-order valence-corrected chi connectivity index (χ0v) is 26.0. The minimum atomic E-state index is -3.70. The summed E-state index contributed by atoms with van der Waals surface area (Å²) >= 11 is 0. The van der Waals surface area contributed by atoms with Gasteiger partial charge in [-0.2, -0.15) is 0 Å². The number of hydrogen-bond acceptors (Lipinski definition) is 7. The number of pyridine rings is 2. The highest BCUT2D eigenvalue weighted by Crippen LogP contribution is 2.51. The summed E-state index contributed by atoms with van der Waals surface area (Å²) in [5.74, 6) is -0.333. The zero-order valence-electron chi connectivity index (χ0n) is 25.2. The third kappa shape index (κ3) is 4.47. The van der Waals surface area contributed by atoms with Gasteiger partial charge in [0.15, 0.2) is 0 Å². The second kappa shape index (κ2) is 9.96. The largest absolute Gasteiger partial charge is 0.481 e. The number of rotatable bonds is 5. The van der Waals surface area contributed by atoms with Crippen LogP contribution in [0.3, 0.4) is 0 Å². The van der Waals surface area contributed by atoms with Crippen LogP contribution in [0.4, 0.5) is 4.39 Å². The fourth-order valence-electron chi connectivity index (χ4n) is 6.15. The van der Waals surface area contributed by atoms with Crippen LogP contribution in [0.2, 0.25) is 0 Å². The van der Waals surface area contributed by atoms with Crippen LogP contribution in [-0.2, 0) is 19.6 Å². The average molecular weight is 625 g/mol. The van der Waals surface area contributed by atoms with Crippen LogP contribution in [0.25, 0.3) is 38.7 Å². The van der Waals surface area contributed by atoms with E-state index in [1.54, 1.807) is 44.0 Å². The molecule has 0 saturated heterocycles. The Bertz CT molecular complexity index is 2310. The lowest BCUT2D eigenvalue weighted by Crippen LogP contribution is -2.37. The lowest BCUT2D eigenvalue weighted by atomic mass is 9.80. The number of nitrogens with one attached hydrogen (secondary N) is 1. The van der Waals surface area contributed by atoms with Gasteiger partial charge in [-0.25, -0.2) is 17.8 Å². The van der Waals surface area contributed by atoms with Crippen molar-refractivity contribution >= 4 is 54.6 Å². The Morgan fingerprint density at radius 1 is 1.09 bits per heavy atom. The number of halogens is 1. The van der Waals surface area contributed by atoms with E-state index in [1.807, 2.05) is 42.5 Å². The first kappa shape index (κ1) is 28.7. The van der Waals surface area contributed by atoms with Gasteiger partial charge in [0.1, 0.15) is 23.5 Å². The Morgan fingerprint density at radius 2 is 1.89 bits per heavy atom. The first-order valence-corrected chi connectivity index (χ1v) is 16.1. The number of carbonyl (C=O) groups excluding carboxylic acids is 1. The first-order valence-electron chi connectivity index (χ1n) is 14.2. The van der Waals surface area contributed by atoms with Gasteiger partial charge in [-0.15, -0.1) is 0 Å². The predicted molar refractivity (Wildman–Crippen MR) is 170 cm³/mol. The number of amides is 1. The number of ether oxygens (including phenoxy) is 1. The number of benzene rings is 1. The number of sulfonamides is 1. The molecule has 1 atom stereocenters. The van der Waals surface area contributed by atoms with Crippen molar-refractivity contribution in [2.75, 3.05) is 20.4 Å². The predicted octanol–water partition coefficient (Wildman–Crippen LogP) is 4.76. The molecule has 1 N–H and O–H groups in total. The Labute approximate surface area is 258 Å². The second-order valence-corrected chi connectivity index (χ2v) is 13.5. The third-order valence-corrected chi connectivity index (χ3v) is 9.80. The maximum absolute atomic E-state index is 14.7. The highest BCUT2D eigenvalue weighted by atomic mass is 32.2. The lowest BCUT2D eigenvalue weighted by molar-refractivity contribution is -0.116. The quantitative estimate of drug-likeness (QED) is 0.300. The number of likely N-dealkylation sites (N-methyl/N-ethyl adjacent to an activating group) is 1. The summed E-state index contributed by atoms with van der Waals surface area (Å²) in [5.41, 5.74) is 4.70. The molecule has 1 unspecified atom stereocenters. The van der Waals surface area contributed by atoms with E-state index in [4.69, 9.17) is 9.72 Å². The van der Waals surface area contributed by atoms with E-state index in [0.29, 0.717) is 61.2 Å². The molecule has 1 aliphatic carbocycles. The summed E-state index contributed by atoms with van der Waals surface area (Å²) in [4.78, 5) is 27.1. The van der Waals surface area contributed by atoms with E-state index in [9.17, 15) is 17.6 Å². The number of carbonyl (C=O) groups is 1. The Hall–Kier alpha value is -5.10. The summed E-state index contributed by atoms with van der Waals surface area (Å²) in [6.45, 7) is 3.71.